The molecule has 3 aromatic rings. The molecule has 0 radical (unpaired) electrons. The molecule has 3 aromatic carbocycles. The molecule has 6 heteroatoms. The van der Waals surface area contributed by atoms with Crippen molar-refractivity contribution in [3.63, 3.8) is 0 Å². The molecular weight excluding hydrogens is 464 g/mol. The number of nitriles is 1. The van der Waals surface area contributed by atoms with E-state index in [1.54, 1.807) is 31.2 Å². The summed E-state index contributed by atoms with van der Waals surface area (Å²) >= 11 is 0. The highest BCUT2D eigenvalue weighted by Gasteiger charge is 2.13. The van der Waals surface area contributed by atoms with E-state index in [9.17, 15) is 10.1 Å². The van der Waals surface area contributed by atoms with Crippen LogP contribution in [0.15, 0.2) is 84.9 Å². The number of rotatable bonds is 11. The molecule has 0 heterocycles. The molecule has 0 saturated carbocycles. The summed E-state index contributed by atoms with van der Waals surface area (Å²) in [6, 6.07) is 24.6. The van der Waals surface area contributed by atoms with Crippen LogP contribution in [0.2, 0.25) is 0 Å². The van der Waals surface area contributed by atoms with Crippen molar-refractivity contribution < 1.29 is 19.0 Å². The predicted octanol–water partition coefficient (Wildman–Crippen LogP) is 6.95. The lowest BCUT2D eigenvalue weighted by atomic mass is 9.98. The highest BCUT2D eigenvalue weighted by molar-refractivity contribution is 6.00. The van der Waals surface area contributed by atoms with E-state index in [-0.39, 0.29) is 6.61 Å². The van der Waals surface area contributed by atoms with Crippen molar-refractivity contribution in [1.82, 2.24) is 0 Å². The molecule has 186 valence electrons. The number of allylic oxidation sites excluding steroid dienone is 1. The van der Waals surface area contributed by atoms with Gasteiger partial charge in [0.15, 0.2) is 0 Å². The van der Waals surface area contributed by atoms with Crippen molar-refractivity contribution in [3.8, 4) is 28.7 Å². The quantitative estimate of drug-likeness (QED) is 0.0723. The summed E-state index contributed by atoms with van der Waals surface area (Å²) < 4.78 is 16.2. The van der Waals surface area contributed by atoms with Gasteiger partial charge in [0.1, 0.15) is 11.5 Å². The number of carbonyl (C=O) groups is 1. The number of ether oxygens (including phenoxy) is 3. The van der Waals surface area contributed by atoms with Crippen LogP contribution in [0.25, 0.3) is 27.2 Å². The van der Waals surface area contributed by atoms with Crippen molar-refractivity contribution in [2.24, 2.45) is 0 Å². The number of carbonyl (C=O) groups excluding carboxylic acids is 1. The molecule has 0 saturated heterocycles. The van der Waals surface area contributed by atoms with Crippen LogP contribution >= 0.6 is 0 Å². The van der Waals surface area contributed by atoms with Gasteiger partial charge in [0.2, 0.25) is 5.70 Å². The smallest absolute Gasteiger partial charge is 0.333 e. The van der Waals surface area contributed by atoms with Gasteiger partial charge in [-0.1, -0.05) is 55.1 Å². The molecule has 0 aliphatic heterocycles. The molecule has 3 rings (SSSR count). The molecule has 6 nitrogen and oxygen atoms in total. The van der Waals surface area contributed by atoms with E-state index in [0.29, 0.717) is 47.6 Å². The molecule has 0 atom stereocenters. The van der Waals surface area contributed by atoms with Gasteiger partial charge < -0.3 is 14.2 Å². The fraction of sp³-hybridized carbons (Fsp3) is 0.194. The summed E-state index contributed by atoms with van der Waals surface area (Å²) in [6.07, 6.45) is 0.584. The fourth-order valence-corrected chi connectivity index (χ4v) is 3.50. The highest BCUT2D eigenvalue weighted by atomic mass is 16.5. The SMILES string of the molecule is [C-]#[N+]/C(=C(/C#N)c1ccc(OCC)cc1)c1ccc(-c2ccc(OCCCOC(=O)C(=C)C)cc2)cc1. The molecule has 0 amide bonds. The van der Waals surface area contributed by atoms with Crippen molar-refractivity contribution in [2.75, 3.05) is 19.8 Å². The lowest BCUT2D eigenvalue weighted by Crippen LogP contribution is -2.09. The minimum absolute atomic E-state index is 0.281. The van der Waals surface area contributed by atoms with Crippen LogP contribution in [0, 0.1) is 17.9 Å². The molecule has 37 heavy (non-hydrogen) atoms. The Kier molecular flexibility index (Phi) is 9.65. The number of hydrogen-bond donors (Lipinski definition) is 0. The summed E-state index contributed by atoms with van der Waals surface area (Å²) in [6.45, 7) is 16.0. The van der Waals surface area contributed by atoms with E-state index in [0.717, 1.165) is 22.6 Å². The Bertz CT molecular complexity index is 1340. The van der Waals surface area contributed by atoms with E-state index in [4.69, 9.17) is 20.8 Å². The molecular formula is C31H28N2O4. The number of nitrogens with zero attached hydrogens (tertiary/aromatic N) is 2. The molecule has 0 fully saturated rings. The van der Waals surface area contributed by atoms with Gasteiger partial charge in [-0.25, -0.2) is 9.64 Å². The van der Waals surface area contributed by atoms with Crippen LogP contribution in [0.3, 0.4) is 0 Å². The third-order valence-corrected chi connectivity index (χ3v) is 5.40. The Morgan fingerprint density at radius 1 is 0.892 bits per heavy atom. The number of benzene rings is 3. The summed E-state index contributed by atoms with van der Waals surface area (Å²) in [4.78, 5) is 15.0. The van der Waals surface area contributed by atoms with E-state index < -0.39 is 5.97 Å². The monoisotopic (exact) mass is 492 g/mol. The van der Waals surface area contributed by atoms with E-state index in [1.807, 2.05) is 55.5 Å². The summed E-state index contributed by atoms with van der Waals surface area (Å²) in [7, 11) is 0. The lowest BCUT2D eigenvalue weighted by molar-refractivity contribution is -0.139. The summed E-state index contributed by atoms with van der Waals surface area (Å²) in [5.41, 5.74) is 4.32. The van der Waals surface area contributed by atoms with Crippen molar-refractivity contribution in [1.29, 1.82) is 5.26 Å². The fourth-order valence-electron chi connectivity index (χ4n) is 3.50. The first-order valence-corrected chi connectivity index (χ1v) is 11.9. The largest absolute Gasteiger partial charge is 0.494 e. The van der Waals surface area contributed by atoms with E-state index >= 15 is 0 Å². The average Bonchev–Trinajstić information content (AvgIpc) is 2.92. The van der Waals surface area contributed by atoms with Gasteiger partial charge in [0, 0.05) is 12.0 Å². The van der Waals surface area contributed by atoms with Crippen LogP contribution in [0.5, 0.6) is 11.5 Å². The van der Waals surface area contributed by atoms with Gasteiger partial charge in [0.05, 0.1) is 38.0 Å². The van der Waals surface area contributed by atoms with Crippen molar-refractivity contribution in [2.45, 2.75) is 20.3 Å². The maximum atomic E-state index is 11.4. The maximum absolute atomic E-state index is 11.4. The second kappa shape index (κ2) is 13.3. The Morgan fingerprint density at radius 2 is 1.43 bits per heavy atom. The van der Waals surface area contributed by atoms with Crippen LogP contribution in [-0.4, -0.2) is 25.8 Å². The third-order valence-electron chi connectivity index (χ3n) is 5.40. The Morgan fingerprint density at radius 3 is 1.97 bits per heavy atom. The normalized spacial score (nSPS) is 10.9. The van der Waals surface area contributed by atoms with Gasteiger partial charge in [0.25, 0.3) is 0 Å². The number of esters is 1. The van der Waals surface area contributed by atoms with Gasteiger partial charge in [-0.15, -0.1) is 0 Å². The zero-order valence-corrected chi connectivity index (χ0v) is 21.0. The zero-order chi connectivity index (χ0) is 26.6. The highest BCUT2D eigenvalue weighted by Crippen LogP contribution is 2.30. The molecule has 0 bridgehead atoms. The summed E-state index contributed by atoms with van der Waals surface area (Å²) in [5.74, 6) is 1.05. The topological polar surface area (TPSA) is 72.9 Å². The average molecular weight is 493 g/mol. The first-order valence-electron chi connectivity index (χ1n) is 11.9. The molecule has 0 unspecified atom stereocenters. The Hall–Kier alpha value is -4.81. The molecule has 0 N–H and O–H groups in total. The van der Waals surface area contributed by atoms with E-state index in [2.05, 4.69) is 17.5 Å². The van der Waals surface area contributed by atoms with Gasteiger partial charge >= 0.3 is 5.97 Å². The molecule has 0 aromatic heterocycles. The van der Waals surface area contributed by atoms with Crippen molar-refractivity contribution in [3.05, 3.63) is 107 Å². The van der Waals surface area contributed by atoms with Crippen LogP contribution in [-0.2, 0) is 9.53 Å². The van der Waals surface area contributed by atoms with E-state index in [1.165, 1.54) is 0 Å². The van der Waals surface area contributed by atoms with Crippen LogP contribution in [0.1, 0.15) is 31.4 Å². The summed E-state index contributed by atoms with van der Waals surface area (Å²) in [5, 5.41) is 9.79. The van der Waals surface area contributed by atoms with Crippen LogP contribution in [0.4, 0.5) is 0 Å². The second-order valence-electron chi connectivity index (χ2n) is 8.12. The first kappa shape index (κ1) is 26.8. The molecule has 0 aliphatic carbocycles. The predicted molar refractivity (Wildman–Crippen MR) is 144 cm³/mol. The minimum atomic E-state index is -0.394. The Balaban J connectivity index is 1.67. The van der Waals surface area contributed by atoms with Gasteiger partial charge in [-0.05, 0) is 60.4 Å². The van der Waals surface area contributed by atoms with Gasteiger partial charge in [-0.2, -0.15) is 5.26 Å². The lowest BCUT2D eigenvalue weighted by Gasteiger charge is -2.09. The zero-order valence-electron chi connectivity index (χ0n) is 21.0. The minimum Gasteiger partial charge on any atom is -0.494 e. The van der Waals surface area contributed by atoms with Crippen molar-refractivity contribution >= 4 is 17.2 Å². The second-order valence-corrected chi connectivity index (χ2v) is 8.12. The molecule has 0 spiro atoms. The van der Waals surface area contributed by atoms with Crippen LogP contribution < -0.4 is 9.47 Å². The maximum Gasteiger partial charge on any atom is 0.333 e. The standard InChI is InChI=1S/C31H28N2O4/c1-5-35-27-17-13-25(14-18-27)29(21-32)30(33-4)26-9-7-23(8-10-26)24-11-15-28(16-12-24)36-19-6-20-37-31(34)22(2)3/h7-18H,2,5-6,19-20H2,1,3H3/b30-29-. The third kappa shape index (κ3) is 7.34. The first-order chi connectivity index (χ1) is 18.0. The number of hydrogen-bond acceptors (Lipinski definition) is 5. The Labute approximate surface area is 217 Å². The van der Waals surface area contributed by atoms with Gasteiger partial charge in [-0.3, -0.25) is 0 Å². The molecule has 0 aliphatic rings.